The van der Waals surface area contributed by atoms with Gasteiger partial charge in [-0.1, -0.05) is 40.2 Å². The molecule has 0 unspecified atom stereocenters. The molecule has 0 atom stereocenters. The summed E-state index contributed by atoms with van der Waals surface area (Å²) < 4.78 is 0. The lowest BCUT2D eigenvalue weighted by molar-refractivity contribution is -0.00299. The first-order valence-corrected chi connectivity index (χ1v) is 8.61. The molecule has 0 aliphatic heterocycles. The Bertz CT molecular complexity index is 423. The van der Waals surface area contributed by atoms with E-state index in [0.29, 0.717) is 0 Å². The van der Waals surface area contributed by atoms with E-state index in [4.69, 9.17) is 0 Å². The van der Waals surface area contributed by atoms with E-state index in [0.717, 1.165) is 34.9 Å². The first-order chi connectivity index (χ1) is 8.85. The lowest BCUT2D eigenvalue weighted by Crippen LogP contribution is -2.44. The van der Waals surface area contributed by atoms with Gasteiger partial charge in [-0.3, -0.25) is 0 Å². The molecule has 0 aromatic heterocycles. The molecular weight excluding hydrogens is 284 g/mol. The van der Waals surface area contributed by atoms with Crippen LogP contribution in [0.1, 0.15) is 49.1 Å². The second-order valence-electron chi connectivity index (χ2n) is 6.79. The van der Waals surface area contributed by atoms with Crippen LogP contribution in [0.5, 0.6) is 0 Å². The summed E-state index contributed by atoms with van der Waals surface area (Å²) in [7, 11) is 0. The second-order valence-corrected chi connectivity index (χ2v) is 7.35. The maximum absolute atomic E-state index is 3.68. The van der Waals surface area contributed by atoms with E-state index < -0.39 is 0 Å². The molecule has 1 aromatic rings. The molecule has 4 fully saturated rings. The predicted octanol–water partition coefficient (Wildman–Crippen LogP) is 5.12. The molecule has 5 rings (SSSR count). The minimum absolute atomic E-state index is 0.881. The van der Waals surface area contributed by atoms with Gasteiger partial charge >= 0.3 is 0 Å². The third-order valence-corrected chi connectivity index (χ3v) is 6.39. The molecule has 4 bridgehead atoms. The quantitative estimate of drug-likeness (QED) is 0.665. The Kier molecular flexibility index (Phi) is 2.80. The first-order valence-electron chi connectivity index (χ1n) is 7.49. The van der Waals surface area contributed by atoms with Crippen molar-refractivity contribution in [3.05, 3.63) is 35.4 Å². The molecule has 0 spiro atoms. The number of alkyl halides is 1. The topological polar surface area (TPSA) is 0 Å². The highest BCUT2D eigenvalue weighted by Gasteiger charge is 2.48. The Morgan fingerprint density at radius 2 is 1.50 bits per heavy atom. The Morgan fingerprint density at radius 3 is 2.11 bits per heavy atom. The van der Waals surface area contributed by atoms with Crippen LogP contribution in [-0.2, 0) is 5.33 Å². The second kappa shape index (κ2) is 4.37. The van der Waals surface area contributed by atoms with E-state index >= 15 is 0 Å². The molecular formula is C17H21Br. The van der Waals surface area contributed by atoms with Gasteiger partial charge in [-0.15, -0.1) is 0 Å². The lowest BCUT2D eigenvalue weighted by atomic mass is 9.50. The first kappa shape index (κ1) is 11.5. The Labute approximate surface area is 118 Å². The van der Waals surface area contributed by atoms with Crippen molar-refractivity contribution < 1.29 is 0 Å². The normalized spacial score (nSPS) is 41.3. The van der Waals surface area contributed by atoms with Gasteiger partial charge in [0.15, 0.2) is 0 Å². The van der Waals surface area contributed by atoms with Gasteiger partial charge < -0.3 is 0 Å². The summed E-state index contributed by atoms with van der Waals surface area (Å²) in [6, 6.07) is 9.15. The zero-order chi connectivity index (χ0) is 12.1. The lowest BCUT2D eigenvalue weighted by Gasteiger charge is -2.55. The summed E-state index contributed by atoms with van der Waals surface area (Å²) in [5.74, 6) is 5.05. The highest BCUT2D eigenvalue weighted by atomic mass is 79.9. The van der Waals surface area contributed by atoms with Gasteiger partial charge in [-0.25, -0.2) is 0 Å². The van der Waals surface area contributed by atoms with Gasteiger partial charge in [0.25, 0.3) is 0 Å². The fourth-order valence-electron chi connectivity index (χ4n) is 5.41. The monoisotopic (exact) mass is 304 g/mol. The number of rotatable bonds is 2. The molecule has 4 saturated carbocycles. The minimum Gasteiger partial charge on any atom is -0.0876 e. The van der Waals surface area contributed by atoms with Crippen molar-refractivity contribution in [2.75, 3.05) is 0 Å². The van der Waals surface area contributed by atoms with Crippen molar-refractivity contribution in [2.24, 2.45) is 23.7 Å². The van der Waals surface area contributed by atoms with Crippen molar-refractivity contribution in [1.82, 2.24) is 0 Å². The maximum Gasteiger partial charge on any atom is 0.0285 e. The van der Waals surface area contributed by atoms with Crippen LogP contribution in [0.2, 0.25) is 0 Å². The van der Waals surface area contributed by atoms with Crippen molar-refractivity contribution in [3.8, 4) is 0 Å². The molecule has 0 amide bonds. The van der Waals surface area contributed by atoms with Crippen LogP contribution in [0.3, 0.4) is 0 Å². The number of hydrogen-bond donors (Lipinski definition) is 0. The zero-order valence-electron chi connectivity index (χ0n) is 10.8. The summed E-state index contributed by atoms with van der Waals surface area (Å²) in [4.78, 5) is 0. The molecule has 18 heavy (non-hydrogen) atoms. The van der Waals surface area contributed by atoms with E-state index in [2.05, 4.69) is 40.2 Å². The van der Waals surface area contributed by atoms with Crippen molar-refractivity contribution in [1.29, 1.82) is 0 Å². The fraction of sp³-hybridized carbons (Fsp3) is 0.647. The van der Waals surface area contributed by atoms with Crippen molar-refractivity contribution in [3.63, 3.8) is 0 Å². The predicted molar refractivity (Wildman–Crippen MR) is 78.9 cm³/mol. The van der Waals surface area contributed by atoms with E-state index in [1.807, 2.05) is 0 Å². The zero-order valence-corrected chi connectivity index (χ0v) is 12.4. The van der Waals surface area contributed by atoms with Gasteiger partial charge in [0.2, 0.25) is 0 Å². The molecule has 1 aromatic carbocycles. The highest BCUT2D eigenvalue weighted by molar-refractivity contribution is 9.08. The molecule has 4 aliphatic carbocycles. The summed E-state index contributed by atoms with van der Waals surface area (Å²) in [5, 5.41) is 1.02. The molecule has 4 aliphatic rings. The molecule has 1 heteroatoms. The van der Waals surface area contributed by atoms with Gasteiger partial charge in [-0.2, -0.15) is 0 Å². The summed E-state index contributed by atoms with van der Waals surface area (Å²) >= 11 is 3.68. The number of benzene rings is 1. The van der Waals surface area contributed by atoms with Crippen LogP contribution in [0, 0.1) is 23.7 Å². The highest BCUT2D eigenvalue weighted by Crippen LogP contribution is 2.60. The van der Waals surface area contributed by atoms with Gasteiger partial charge in [0.05, 0.1) is 0 Å². The van der Waals surface area contributed by atoms with Crippen LogP contribution in [0.25, 0.3) is 0 Å². The number of halogens is 1. The summed E-state index contributed by atoms with van der Waals surface area (Å²) in [5.41, 5.74) is 3.21. The summed E-state index contributed by atoms with van der Waals surface area (Å²) in [6.45, 7) is 0. The molecule has 0 saturated heterocycles. The van der Waals surface area contributed by atoms with Crippen LogP contribution < -0.4 is 0 Å². The van der Waals surface area contributed by atoms with E-state index in [1.165, 1.54) is 31.2 Å². The Hall–Kier alpha value is -0.300. The van der Waals surface area contributed by atoms with Gasteiger partial charge in [0.1, 0.15) is 0 Å². The van der Waals surface area contributed by atoms with Gasteiger partial charge in [-0.05, 0) is 72.8 Å². The minimum atomic E-state index is 0.881. The van der Waals surface area contributed by atoms with Crippen molar-refractivity contribution in [2.45, 2.75) is 43.4 Å². The largest absolute Gasteiger partial charge is 0.0876 e. The average Bonchev–Trinajstić information content (AvgIpc) is 2.38. The maximum atomic E-state index is 3.68. The molecule has 0 radical (unpaired) electrons. The van der Waals surface area contributed by atoms with Gasteiger partial charge in [0, 0.05) is 5.33 Å². The van der Waals surface area contributed by atoms with Crippen molar-refractivity contribution >= 4 is 15.9 Å². The fourth-order valence-corrected chi connectivity index (χ4v) is 5.92. The molecule has 0 N–H and O–H groups in total. The Morgan fingerprint density at radius 1 is 0.889 bits per heavy atom. The van der Waals surface area contributed by atoms with Crippen LogP contribution in [-0.4, -0.2) is 0 Å². The van der Waals surface area contributed by atoms with Crippen LogP contribution in [0.15, 0.2) is 24.3 Å². The SMILES string of the molecule is BrCc1ccccc1C1C2CC3CC(C2)CC1C3. The standard InChI is InChI=1S/C17H21Br/c18-10-13-3-1-2-4-16(13)17-14-6-11-5-12(8-14)9-15(17)7-11/h1-4,11-12,14-15,17H,5-10H2. The van der Waals surface area contributed by atoms with E-state index in [9.17, 15) is 0 Å². The smallest absolute Gasteiger partial charge is 0.0285 e. The summed E-state index contributed by atoms with van der Waals surface area (Å²) in [6.07, 6.45) is 7.64. The molecule has 0 nitrogen and oxygen atoms in total. The third kappa shape index (κ3) is 1.70. The molecule has 96 valence electrons. The average molecular weight is 305 g/mol. The van der Waals surface area contributed by atoms with Crippen LogP contribution >= 0.6 is 15.9 Å². The van der Waals surface area contributed by atoms with E-state index in [-0.39, 0.29) is 0 Å². The third-order valence-electron chi connectivity index (χ3n) is 5.78. The van der Waals surface area contributed by atoms with E-state index in [1.54, 1.807) is 12.0 Å². The molecule has 0 heterocycles. The Balaban J connectivity index is 1.72. The number of hydrogen-bond acceptors (Lipinski definition) is 0. The van der Waals surface area contributed by atoms with Crippen LogP contribution in [0.4, 0.5) is 0 Å².